The molecule has 0 fully saturated rings. The highest BCUT2D eigenvalue weighted by Crippen LogP contribution is 2.29. The van der Waals surface area contributed by atoms with Gasteiger partial charge in [-0.15, -0.1) is 0 Å². The first kappa shape index (κ1) is 15.2. The topological polar surface area (TPSA) is 48.7 Å². The molecular formula is C18H13ClO4. The van der Waals surface area contributed by atoms with E-state index in [1.54, 1.807) is 49.6 Å². The first-order valence-corrected chi connectivity index (χ1v) is 7.26. The van der Waals surface area contributed by atoms with Crippen LogP contribution in [0.25, 0.3) is 11.3 Å². The molecule has 1 aromatic heterocycles. The van der Waals surface area contributed by atoms with Crippen LogP contribution in [-0.4, -0.2) is 13.1 Å². The Morgan fingerprint density at radius 3 is 2.35 bits per heavy atom. The number of esters is 1. The predicted molar refractivity (Wildman–Crippen MR) is 87.1 cm³/mol. The highest BCUT2D eigenvalue weighted by atomic mass is 35.5. The fourth-order valence-corrected chi connectivity index (χ4v) is 2.28. The largest absolute Gasteiger partial charge is 0.497 e. The zero-order valence-corrected chi connectivity index (χ0v) is 13.0. The zero-order valence-electron chi connectivity index (χ0n) is 12.3. The van der Waals surface area contributed by atoms with E-state index in [-0.39, 0.29) is 5.76 Å². The van der Waals surface area contributed by atoms with Gasteiger partial charge in [0.1, 0.15) is 17.3 Å². The molecule has 0 aliphatic rings. The van der Waals surface area contributed by atoms with E-state index in [9.17, 15) is 4.79 Å². The average molecular weight is 329 g/mol. The molecule has 0 amide bonds. The van der Waals surface area contributed by atoms with E-state index in [2.05, 4.69) is 0 Å². The van der Waals surface area contributed by atoms with Gasteiger partial charge in [0.2, 0.25) is 5.76 Å². The van der Waals surface area contributed by atoms with Crippen LogP contribution in [0.1, 0.15) is 10.6 Å². The molecule has 0 saturated heterocycles. The number of methoxy groups -OCH3 is 1. The summed E-state index contributed by atoms with van der Waals surface area (Å²) in [6.45, 7) is 0. The Hall–Kier alpha value is -2.72. The van der Waals surface area contributed by atoms with E-state index < -0.39 is 5.97 Å². The molecular weight excluding hydrogens is 316 g/mol. The van der Waals surface area contributed by atoms with Crippen molar-refractivity contribution in [2.45, 2.75) is 0 Å². The summed E-state index contributed by atoms with van der Waals surface area (Å²) in [6, 6.07) is 17.2. The first-order chi connectivity index (χ1) is 11.2. The minimum absolute atomic E-state index is 0.107. The van der Waals surface area contributed by atoms with Gasteiger partial charge in [-0.05, 0) is 48.5 Å². The van der Waals surface area contributed by atoms with E-state index in [0.717, 1.165) is 5.56 Å². The molecule has 3 aromatic rings. The number of rotatable bonds is 4. The number of halogens is 1. The third-order valence-electron chi connectivity index (χ3n) is 3.22. The summed E-state index contributed by atoms with van der Waals surface area (Å²) in [5.41, 5.74) is 0.720. The maximum Gasteiger partial charge on any atom is 0.379 e. The lowest BCUT2D eigenvalue weighted by Crippen LogP contribution is -2.06. The van der Waals surface area contributed by atoms with Crippen molar-refractivity contribution in [2.75, 3.05) is 7.11 Å². The highest BCUT2D eigenvalue weighted by molar-refractivity contribution is 6.33. The van der Waals surface area contributed by atoms with Gasteiger partial charge in [0, 0.05) is 5.56 Å². The lowest BCUT2D eigenvalue weighted by atomic mass is 10.2. The van der Waals surface area contributed by atoms with E-state index in [1.165, 1.54) is 0 Å². The van der Waals surface area contributed by atoms with Crippen LogP contribution in [0.5, 0.6) is 11.5 Å². The Balaban J connectivity index is 1.77. The van der Waals surface area contributed by atoms with E-state index >= 15 is 0 Å². The van der Waals surface area contributed by atoms with Gasteiger partial charge in [0.05, 0.1) is 12.1 Å². The van der Waals surface area contributed by atoms with Gasteiger partial charge in [-0.3, -0.25) is 0 Å². The molecule has 0 atom stereocenters. The maximum absolute atomic E-state index is 12.1. The van der Waals surface area contributed by atoms with Crippen LogP contribution < -0.4 is 9.47 Å². The van der Waals surface area contributed by atoms with Crippen molar-refractivity contribution >= 4 is 17.6 Å². The number of ether oxygens (including phenoxy) is 2. The summed E-state index contributed by atoms with van der Waals surface area (Å²) in [6.07, 6.45) is 0. The van der Waals surface area contributed by atoms with Gasteiger partial charge in [0.15, 0.2) is 0 Å². The number of hydrogen-bond acceptors (Lipinski definition) is 4. The summed E-state index contributed by atoms with van der Waals surface area (Å²) in [7, 11) is 1.57. The molecule has 116 valence electrons. The second-order valence-corrected chi connectivity index (χ2v) is 5.12. The van der Waals surface area contributed by atoms with Crippen LogP contribution in [0, 0.1) is 0 Å². The summed E-state index contributed by atoms with van der Waals surface area (Å²) in [4.78, 5) is 12.1. The average Bonchev–Trinajstić information content (AvgIpc) is 3.06. The SMILES string of the molecule is COc1ccc(OC(=O)c2ccc(-c3ccccc3Cl)o2)cc1. The minimum Gasteiger partial charge on any atom is -0.497 e. The van der Waals surface area contributed by atoms with Crippen molar-refractivity contribution in [1.82, 2.24) is 0 Å². The van der Waals surface area contributed by atoms with Crippen LogP contribution in [-0.2, 0) is 0 Å². The standard InChI is InChI=1S/C18H13ClO4/c1-21-12-6-8-13(9-7-12)22-18(20)17-11-10-16(23-17)14-4-2-3-5-15(14)19/h2-11H,1H3. The number of carbonyl (C=O) groups is 1. The molecule has 5 heteroatoms. The van der Waals surface area contributed by atoms with Crippen molar-refractivity contribution < 1.29 is 18.7 Å². The second kappa shape index (κ2) is 6.58. The first-order valence-electron chi connectivity index (χ1n) is 6.88. The molecule has 0 saturated carbocycles. The Bertz CT molecular complexity index is 821. The van der Waals surface area contributed by atoms with Crippen molar-refractivity contribution in [3.8, 4) is 22.8 Å². The van der Waals surface area contributed by atoms with Crippen molar-refractivity contribution in [2.24, 2.45) is 0 Å². The fraction of sp³-hybridized carbons (Fsp3) is 0.0556. The van der Waals surface area contributed by atoms with Gasteiger partial charge < -0.3 is 13.9 Å². The lowest BCUT2D eigenvalue weighted by molar-refractivity contribution is 0.0702. The summed E-state index contributed by atoms with van der Waals surface area (Å²) >= 11 is 6.12. The summed E-state index contributed by atoms with van der Waals surface area (Å²) in [5, 5.41) is 0.553. The molecule has 3 rings (SSSR count). The van der Waals surface area contributed by atoms with Crippen LogP contribution in [0.4, 0.5) is 0 Å². The van der Waals surface area contributed by atoms with Gasteiger partial charge in [-0.1, -0.05) is 23.7 Å². The predicted octanol–water partition coefficient (Wildman–Crippen LogP) is 4.83. The number of hydrogen-bond donors (Lipinski definition) is 0. The number of benzene rings is 2. The molecule has 0 spiro atoms. The molecule has 0 radical (unpaired) electrons. The van der Waals surface area contributed by atoms with Crippen LogP contribution in [0.15, 0.2) is 65.1 Å². The van der Waals surface area contributed by atoms with E-state index in [1.807, 2.05) is 18.2 Å². The third kappa shape index (κ3) is 3.38. The molecule has 1 heterocycles. The Morgan fingerprint density at radius 1 is 0.957 bits per heavy atom. The van der Waals surface area contributed by atoms with E-state index in [4.69, 9.17) is 25.5 Å². The monoisotopic (exact) mass is 328 g/mol. The number of carbonyl (C=O) groups excluding carboxylic acids is 1. The van der Waals surface area contributed by atoms with Crippen LogP contribution in [0.2, 0.25) is 5.02 Å². The summed E-state index contributed by atoms with van der Waals surface area (Å²) < 4.78 is 15.9. The van der Waals surface area contributed by atoms with Crippen LogP contribution >= 0.6 is 11.6 Å². The van der Waals surface area contributed by atoms with Crippen molar-refractivity contribution in [3.63, 3.8) is 0 Å². The molecule has 0 aliphatic carbocycles. The maximum atomic E-state index is 12.1. The van der Waals surface area contributed by atoms with E-state index in [0.29, 0.717) is 22.3 Å². The quantitative estimate of drug-likeness (QED) is 0.508. The molecule has 0 unspecified atom stereocenters. The molecule has 2 aromatic carbocycles. The van der Waals surface area contributed by atoms with Gasteiger partial charge in [-0.25, -0.2) is 4.79 Å². The van der Waals surface area contributed by atoms with Gasteiger partial charge in [-0.2, -0.15) is 0 Å². The smallest absolute Gasteiger partial charge is 0.379 e. The van der Waals surface area contributed by atoms with Crippen LogP contribution in [0.3, 0.4) is 0 Å². The Kier molecular flexibility index (Phi) is 4.35. The molecule has 23 heavy (non-hydrogen) atoms. The Labute approximate surface area is 138 Å². The number of furan rings is 1. The molecule has 0 aliphatic heterocycles. The molecule has 4 nitrogen and oxygen atoms in total. The highest BCUT2D eigenvalue weighted by Gasteiger charge is 2.15. The van der Waals surface area contributed by atoms with Gasteiger partial charge >= 0.3 is 5.97 Å². The van der Waals surface area contributed by atoms with Gasteiger partial charge in [0.25, 0.3) is 0 Å². The molecule has 0 bridgehead atoms. The lowest BCUT2D eigenvalue weighted by Gasteiger charge is -2.04. The fourth-order valence-electron chi connectivity index (χ4n) is 2.05. The van der Waals surface area contributed by atoms with Crippen molar-refractivity contribution in [3.05, 3.63) is 71.4 Å². The Morgan fingerprint density at radius 2 is 1.65 bits per heavy atom. The molecule has 0 N–H and O–H groups in total. The zero-order chi connectivity index (χ0) is 16.2. The second-order valence-electron chi connectivity index (χ2n) is 4.71. The van der Waals surface area contributed by atoms with Crippen molar-refractivity contribution in [1.29, 1.82) is 0 Å². The minimum atomic E-state index is -0.575. The third-order valence-corrected chi connectivity index (χ3v) is 3.55. The normalized spacial score (nSPS) is 10.3. The summed E-state index contributed by atoms with van der Waals surface area (Å²) in [5.74, 6) is 1.14.